The number of carbonyl (C=O) groups excluding carboxylic acids is 1. The molecule has 3 aromatic rings. The number of unbranched alkanes of at least 4 members (excludes halogenated alkanes) is 1. The van der Waals surface area contributed by atoms with Gasteiger partial charge in [-0.25, -0.2) is 4.98 Å². The van der Waals surface area contributed by atoms with E-state index in [2.05, 4.69) is 18.3 Å². The first-order chi connectivity index (χ1) is 13.9. The van der Waals surface area contributed by atoms with E-state index in [-0.39, 0.29) is 17.2 Å². The van der Waals surface area contributed by atoms with Crippen LogP contribution in [0.15, 0.2) is 34.2 Å². The van der Waals surface area contributed by atoms with E-state index in [0.717, 1.165) is 28.1 Å². The van der Waals surface area contributed by atoms with Gasteiger partial charge in [-0.05, 0) is 44.0 Å². The highest BCUT2D eigenvalue weighted by Gasteiger charge is 2.17. The molecule has 0 bridgehead atoms. The van der Waals surface area contributed by atoms with Crippen molar-refractivity contribution >= 4 is 44.9 Å². The second kappa shape index (κ2) is 9.25. The molecule has 6 nitrogen and oxygen atoms in total. The van der Waals surface area contributed by atoms with Crippen molar-refractivity contribution in [2.75, 3.05) is 11.1 Å². The molecule has 1 amide bonds. The third kappa shape index (κ3) is 4.69. The first-order valence-electron chi connectivity index (χ1n) is 9.38. The zero-order valence-corrected chi connectivity index (χ0v) is 18.2. The Morgan fingerprint density at radius 1 is 1.38 bits per heavy atom. The van der Waals surface area contributed by atoms with E-state index < -0.39 is 0 Å². The minimum absolute atomic E-state index is 0.0325. The van der Waals surface area contributed by atoms with Crippen LogP contribution < -0.4 is 10.9 Å². The van der Waals surface area contributed by atoms with Crippen molar-refractivity contribution in [2.24, 2.45) is 0 Å². The minimum Gasteiger partial charge on any atom is -0.325 e. The maximum atomic E-state index is 13.1. The number of benzene rings is 1. The van der Waals surface area contributed by atoms with Gasteiger partial charge in [-0.1, -0.05) is 31.2 Å². The predicted octanol–water partition coefficient (Wildman–Crippen LogP) is 4.48. The predicted molar refractivity (Wildman–Crippen MR) is 119 cm³/mol. The van der Waals surface area contributed by atoms with Crippen molar-refractivity contribution < 1.29 is 4.79 Å². The molecular weight excluding hydrogens is 404 g/mol. The van der Waals surface area contributed by atoms with Crippen LogP contribution in [0.5, 0.6) is 0 Å². The first-order valence-corrected chi connectivity index (χ1v) is 11.2. The molecule has 0 atom stereocenters. The van der Waals surface area contributed by atoms with Crippen LogP contribution in [-0.4, -0.2) is 21.2 Å². The lowest BCUT2D eigenvalue weighted by molar-refractivity contribution is -0.113. The zero-order valence-electron chi connectivity index (χ0n) is 16.6. The summed E-state index contributed by atoms with van der Waals surface area (Å²) in [5, 5.41) is 13.0. The number of nitrogens with zero attached hydrogens (tertiary/aromatic N) is 3. The van der Waals surface area contributed by atoms with Crippen molar-refractivity contribution in [1.29, 1.82) is 5.26 Å². The van der Waals surface area contributed by atoms with E-state index in [1.165, 1.54) is 23.1 Å². The molecule has 0 aliphatic carbocycles. The molecule has 2 heterocycles. The van der Waals surface area contributed by atoms with E-state index in [4.69, 9.17) is 10.2 Å². The third-order valence-electron chi connectivity index (χ3n) is 4.60. The summed E-state index contributed by atoms with van der Waals surface area (Å²) in [5.41, 5.74) is 2.01. The van der Waals surface area contributed by atoms with Gasteiger partial charge in [0.1, 0.15) is 4.83 Å². The zero-order chi connectivity index (χ0) is 21.0. The van der Waals surface area contributed by atoms with E-state index in [1.54, 1.807) is 28.8 Å². The van der Waals surface area contributed by atoms with Crippen LogP contribution in [0.4, 0.5) is 5.69 Å². The number of amides is 1. The number of fused-ring (bicyclic) bond motifs is 1. The number of hydrogen-bond acceptors (Lipinski definition) is 6. The maximum absolute atomic E-state index is 13.1. The fourth-order valence-corrected chi connectivity index (χ4v) is 4.82. The Labute approximate surface area is 177 Å². The smallest absolute Gasteiger partial charge is 0.263 e. The second-order valence-electron chi connectivity index (χ2n) is 6.70. The molecular formula is C21H22N4O2S2. The van der Waals surface area contributed by atoms with Crippen LogP contribution in [0.2, 0.25) is 0 Å². The number of thioether (sulfide) groups is 1. The number of thiophene rings is 1. The van der Waals surface area contributed by atoms with Gasteiger partial charge in [0.05, 0.1) is 22.8 Å². The number of aryl methyl sites for hydroxylation is 2. The molecule has 0 saturated heterocycles. The van der Waals surface area contributed by atoms with Gasteiger partial charge in [0, 0.05) is 17.1 Å². The molecule has 0 fully saturated rings. The lowest BCUT2D eigenvalue weighted by Crippen LogP contribution is -2.24. The Balaban J connectivity index is 1.83. The highest BCUT2D eigenvalue weighted by atomic mass is 32.2. The molecule has 3 rings (SSSR count). The molecule has 0 spiro atoms. The van der Waals surface area contributed by atoms with Crippen LogP contribution in [0.25, 0.3) is 10.2 Å². The molecule has 150 valence electrons. The van der Waals surface area contributed by atoms with Crippen molar-refractivity contribution in [1.82, 2.24) is 9.55 Å². The maximum Gasteiger partial charge on any atom is 0.263 e. The van der Waals surface area contributed by atoms with Crippen LogP contribution >= 0.6 is 23.1 Å². The summed E-state index contributed by atoms with van der Waals surface area (Å²) in [5.74, 6) is -0.0792. The Morgan fingerprint density at radius 2 is 2.17 bits per heavy atom. The molecule has 0 aliphatic heterocycles. The largest absolute Gasteiger partial charge is 0.325 e. The monoisotopic (exact) mass is 426 g/mol. The molecule has 0 radical (unpaired) electrons. The molecule has 0 aliphatic rings. The molecule has 2 aromatic heterocycles. The minimum atomic E-state index is -0.208. The lowest BCUT2D eigenvalue weighted by Gasteiger charge is -2.12. The molecule has 0 saturated carbocycles. The Morgan fingerprint density at radius 3 is 2.90 bits per heavy atom. The Kier molecular flexibility index (Phi) is 6.72. The van der Waals surface area contributed by atoms with Gasteiger partial charge < -0.3 is 5.32 Å². The van der Waals surface area contributed by atoms with Gasteiger partial charge in [-0.3, -0.25) is 14.2 Å². The highest BCUT2D eigenvalue weighted by Crippen LogP contribution is 2.28. The summed E-state index contributed by atoms with van der Waals surface area (Å²) in [6.45, 7) is 6.61. The summed E-state index contributed by atoms with van der Waals surface area (Å²) in [4.78, 5) is 32.0. The quantitative estimate of drug-likeness (QED) is 0.445. The molecule has 8 heteroatoms. The fraction of sp³-hybridized carbons (Fsp3) is 0.333. The summed E-state index contributed by atoms with van der Waals surface area (Å²) in [6.07, 6.45) is 1.84. The number of anilines is 1. The SMILES string of the molecule is CCCCn1c(SCC(=O)Nc2cccc(C#N)c2)nc2sc(C)c(C)c2c1=O. The normalized spacial score (nSPS) is 10.8. The third-order valence-corrected chi connectivity index (χ3v) is 6.67. The van der Waals surface area contributed by atoms with E-state index in [9.17, 15) is 9.59 Å². The number of nitrogens with one attached hydrogen (secondary N) is 1. The number of hydrogen-bond donors (Lipinski definition) is 1. The van der Waals surface area contributed by atoms with Gasteiger partial charge in [0.25, 0.3) is 5.56 Å². The average Bonchev–Trinajstić information content (AvgIpc) is 2.99. The molecule has 1 aromatic carbocycles. The van der Waals surface area contributed by atoms with Gasteiger partial charge in [0.15, 0.2) is 5.16 Å². The van der Waals surface area contributed by atoms with Crippen LogP contribution in [0.3, 0.4) is 0 Å². The van der Waals surface area contributed by atoms with Crippen LogP contribution in [-0.2, 0) is 11.3 Å². The number of aromatic nitrogens is 2. The summed E-state index contributed by atoms with van der Waals surface area (Å²) in [6, 6.07) is 8.82. The van der Waals surface area contributed by atoms with Crippen molar-refractivity contribution in [2.45, 2.75) is 45.3 Å². The summed E-state index contributed by atoms with van der Waals surface area (Å²) in [7, 11) is 0. The second-order valence-corrected chi connectivity index (χ2v) is 8.84. The molecule has 1 N–H and O–H groups in total. The van der Waals surface area contributed by atoms with E-state index in [1.807, 2.05) is 13.8 Å². The summed E-state index contributed by atoms with van der Waals surface area (Å²) < 4.78 is 1.69. The number of nitriles is 1. The van der Waals surface area contributed by atoms with Crippen LogP contribution in [0, 0.1) is 25.2 Å². The van der Waals surface area contributed by atoms with Gasteiger partial charge in [0.2, 0.25) is 5.91 Å². The fourth-order valence-electron chi connectivity index (χ4n) is 2.93. The van der Waals surface area contributed by atoms with Crippen LogP contribution in [0.1, 0.15) is 35.8 Å². The number of rotatable bonds is 7. The van der Waals surface area contributed by atoms with E-state index >= 15 is 0 Å². The Bertz CT molecular complexity index is 1160. The van der Waals surface area contributed by atoms with Gasteiger partial charge >= 0.3 is 0 Å². The van der Waals surface area contributed by atoms with Crippen molar-refractivity contribution in [3.8, 4) is 6.07 Å². The average molecular weight is 427 g/mol. The van der Waals surface area contributed by atoms with Gasteiger partial charge in [-0.15, -0.1) is 11.3 Å². The van der Waals surface area contributed by atoms with Gasteiger partial charge in [-0.2, -0.15) is 5.26 Å². The van der Waals surface area contributed by atoms with E-state index in [0.29, 0.717) is 28.3 Å². The topological polar surface area (TPSA) is 87.8 Å². The highest BCUT2D eigenvalue weighted by molar-refractivity contribution is 7.99. The first kappa shape index (κ1) is 21.1. The number of carbonyl (C=O) groups is 1. The lowest BCUT2D eigenvalue weighted by atomic mass is 10.2. The summed E-state index contributed by atoms with van der Waals surface area (Å²) >= 11 is 2.77. The standard InChI is InChI=1S/C21H22N4O2S2/c1-4-5-9-25-20(27)18-13(2)14(3)29-19(18)24-21(25)28-12-17(26)23-16-8-6-7-15(10-16)11-22/h6-8,10H,4-5,9,12H2,1-3H3,(H,23,26). The Hall–Kier alpha value is -2.63. The molecule has 0 unspecified atom stereocenters. The van der Waals surface area contributed by atoms with Crippen molar-refractivity contribution in [3.63, 3.8) is 0 Å². The van der Waals surface area contributed by atoms with Crippen molar-refractivity contribution in [3.05, 3.63) is 50.6 Å². The molecule has 29 heavy (non-hydrogen) atoms.